The van der Waals surface area contributed by atoms with E-state index < -0.39 is 5.97 Å². The average molecular weight is 210 g/mol. The highest BCUT2D eigenvalue weighted by Crippen LogP contribution is 2.43. The van der Waals surface area contributed by atoms with Gasteiger partial charge in [-0.05, 0) is 30.6 Å². The van der Waals surface area contributed by atoms with E-state index in [1.807, 2.05) is 0 Å². The topological polar surface area (TPSA) is 37.3 Å². The summed E-state index contributed by atoms with van der Waals surface area (Å²) in [6.45, 7) is 0. The molecule has 2 atom stereocenters. The first-order valence-corrected chi connectivity index (χ1v) is 6.49. The Morgan fingerprint density at radius 2 is 1.60 bits per heavy atom. The summed E-state index contributed by atoms with van der Waals surface area (Å²) in [5, 5.41) is 8.93. The van der Waals surface area contributed by atoms with Gasteiger partial charge in [0.25, 0.3) is 0 Å². The van der Waals surface area contributed by atoms with Crippen molar-refractivity contribution in [2.45, 2.75) is 57.8 Å². The van der Waals surface area contributed by atoms with Crippen LogP contribution in [0.15, 0.2) is 0 Å². The van der Waals surface area contributed by atoms with Gasteiger partial charge in [-0.25, -0.2) is 0 Å². The van der Waals surface area contributed by atoms with Crippen LogP contribution in [0.25, 0.3) is 0 Å². The third kappa shape index (κ3) is 2.73. The van der Waals surface area contributed by atoms with Crippen LogP contribution in [0.3, 0.4) is 0 Å². The molecule has 0 amide bonds. The Hall–Kier alpha value is -0.530. The number of aliphatic carboxylic acids is 1. The molecule has 0 aromatic heterocycles. The second-order valence-corrected chi connectivity index (χ2v) is 5.35. The minimum atomic E-state index is -0.593. The molecule has 2 aliphatic rings. The van der Waals surface area contributed by atoms with Gasteiger partial charge in [0.2, 0.25) is 0 Å². The largest absolute Gasteiger partial charge is 0.481 e. The van der Waals surface area contributed by atoms with Crippen molar-refractivity contribution in [3.05, 3.63) is 0 Å². The van der Waals surface area contributed by atoms with Gasteiger partial charge in [0.15, 0.2) is 0 Å². The number of hydrogen-bond acceptors (Lipinski definition) is 1. The SMILES string of the molecule is O=C(O)CC1CCCCC1C1CCCC1. The number of carboxylic acid groups (broad SMARTS) is 1. The normalized spacial score (nSPS) is 33.1. The average Bonchev–Trinajstić information content (AvgIpc) is 2.70. The second kappa shape index (κ2) is 5.00. The van der Waals surface area contributed by atoms with E-state index in [2.05, 4.69) is 0 Å². The van der Waals surface area contributed by atoms with Gasteiger partial charge in [-0.15, -0.1) is 0 Å². The molecular formula is C13H22O2. The summed E-state index contributed by atoms with van der Waals surface area (Å²) in [5.74, 6) is 1.48. The fourth-order valence-corrected chi connectivity index (χ4v) is 3.72. The third-order valence-electron chi connectivity index (χ3n) is 4.41. The van der Waals surface area contributed by atoms with Crippen LogP contribution in [0.5, 0.6) is 0 Å². The van der Waals surface area contributed by atoms with Crippen molar-refractivity contribution in [2.24, 2.45) is 17.8 Å². The fraction of sp³-hybridized carbons (Fsp3) is 0.923. The molecule has 2 unspecified atom stereocenters. The van der Waals surface area contributed by atoms with Crippen molar-refractivity contribution in [1.29, 1.82) is 0 Å². The molecule has 2 heteroatoms. The van der Waals surface area contributed by atoms with Crippen molar-refractivity contribution in [3.8, 4) is 0 Å². The first kappa shape index (κ1) is 11.0. The van der Waals surface area contributed by atoms with Gasteiger partial charge in [0, 0.05) is 6.42 Å². The zero-order chi connectivity index (χ0) is 10.7. The third-order valence-corrected chi connectivity index (χ3v) is 4.41. The Labute approximate surface area is 92.1 Å². The van der Waals surface area contributed by atoms with Crippen molar-refractivity contribution in [2.75, 3.05) is 0 Å². The number of hydrogen-bond donors (Lipinski definition) is 1. The molecule has 2 rings (SSSR count). The minimum Gasteiger partial charge on any atom is -0.481 e. The Morgan fingerprint density at radius 3 is 2.27 bits per heavy atom. The van der Waals surface area contributed by atoms with E-state index >= 15 is 0 Å². The summed E-state index contributed by atoms with van der Waals surface area (Å²) < 4.78 is 0. The Morgan fingerprint density at radius 1 is 1.00 bits per heavy atom. The highest BCUT2D eigenvalue weighted by Gasteiger charge is 2.34. The Kier molecular flexibility index (Phi) is 3.66. The molecule has 0 aromatic rings. The van der Waals surface area contributed by atoms with Gasteiger partial charge in [0.05, 0.1) is 0 Å². The Balaban J connectivity index is 1.95. The highest BCUT2D eigenvalue weighted by atomic mass is 16.4. The summed E-state index contributed by atoms with van der Waals surface area (Å²) in [6, 6.07) is 0. The van der Waals surface area contributed by atoms with Crippen molar-refractivity contribution in [3.63, 3.8) is 0 Å². The van der Waals surface area contributed by atoms with E-state index in [1.54, 1.807) is 0 Å². The van der Waals surface area contributed by atoms with Crippen LogP contribution >= 0.6 is 0 Å². The Bertz CT molecular complexity index is 219. The second-order valence-electron chi connectivity index (χ2n) is 5.35. The van der Waals surface area contributed by atoms with E-state index in [4.69, 9.17) is 5.11 Å². The summed E-state index contributed by atoms with van der Waals surface area (Å²) >= 11 is 0. The first-order valence-electron chi connectivity index (χ1n) is 6.49. The van der Waals surface area contributed by atoms with Gasteiger partial charge in [-0.1, -0.05) is 38.5 Å². The summed E-state index contributed by atoms with van der Waals surface area (Å²) in [6.07, 6.45) is 10.9. The molecule has 0 bridgehead atoms. The maximum Gasteiger partial charge on any atom is 0.303 e. The number of carboxylic acids is 1. The predicted octanol–water partition coefficient (Wildman–Crippen LogP) is 3.46. The molecule has 0 spiro atoms. The van der Waals surface area contributed by atoms with Crippen LogP contribution in [0, 0.1) is 17.8 Å². The maximum atomic E-state index is 10.8. The molecule has 2 aliphatic carbocycles. The molecule has 2 fully saturated rings. The molecule has 0 saturated heterocycles. The lowest BCUT2D eigenvalue weighted by atomic mass is 9.70. The lowest BCUT2D eigenvalue weighted by Crippen LogP contribution is -2.27. The van der Waals surface area contributed by atoms with E-state index in [9.17, 15) is 4.79 Å². The monoisotopic (exact) mass is 210 g/mol. The molecule has 1 N–H and O–H groups in total. The molecule has 86 valence electrons. The van der Waals surface area contributed by atoms with Crippen LogP contribution in [0.4, 0.5) is 0 Å². The van der Waals surface area contributed by atoms with Gasteiger partial charge < -0.3 is 5.11 Å². The standard InChI is InChI=1S/C13H22O2/c14-13(15)9-11-7-3-4-8-12(11)10-5-1-2-6-10/h10-12H,1-9H2,(H,14,15). The van der Waals surface area contributed by atoms with E-state index in [1.165, 1.54) is 44.9 Å². The number of carbonyl (C=O) groups is 1. The summed E-state index contributed by atoms with van der Waals surface area (Å²) in [7, 11) is 0. The lowest BCUT2D eigenvalue weighted by molar-refractivity contribution is -0.139. The van der Waals surface area contributed by atoms with E-state index in [0.717, 1.165) is 18.3 Å². The first-order chi connectivity index (χ1) is 7.27. The van der Waals surface area contributed by atoms with Gasteiger partial charge >= 0.3 is 5.97 Å². The van der Waals surface area contributed by atoms with E-state index in [0.29, 0.717) is 12.3 Å². The predicted molar refractivity (Wildman–Crippen MR) is 59.7 cm³/mol. The van der Waals surface area contributed by atoms with Crippen molar-refractivity contribution >= 4 is 5.97 Å². The lowest BCUT2D eigenvalue weighted by Gasteiger charge is -2.35. The molecule has 0 heterocycles. The summed E-state index contributed by atoms with van der Waals surface area (Å²) in [5.41, 5.74) is 0. The van der Waals surface area contributed by atoms with Gasteiger partial charge in [-0.2, -0.15) is 0 Å². The fourth-order valence-electron chi connectivity index (χ4n) is 3.72. The molecular weight excluding hydrogens is 188 g/mol. The van der Waals surface area contributed by atoms with Gasteiger partial charge in [0.1, 0.15) is 0 Å². The highest BCUT2D eigenvalue weighted by molar-refractivity contribution is 5.67. The molecule has 2 saturated carbocycles. The van der Waals surface area contributed by atoms with E-state index in [-0.39, 0.29) is 0 Å². The molecule has 2 nitrogen and oxygen atoms in total. The van der Waals surface area contributed by atoms with Crippen LogP contribution in [0.2, 0.25) is 0 Å². The van der Waals surface area contributed by atoms with Crippen LogP contribution in [0.1, 0.15) is 57.8 Å². The van der Waals surface area contributed by atoms with Crippen molar-refractivity contribution in [1.82, 2.24) is 0 Å². The maximum absolute atomic E-state index is 10.8. The molecule has 0 radical (unpaired) electrons. The van der Waals surface area contributed by atoms with Crippen molar-refractivity contribution < 1.29 is 9.90 Å². The quantitative estimate of drug-likeness (QED) is 0.774. The minimum absolute atomic E-state index is 0.418. The van der Waals surface area contributed by atoms with Crippen LogP contribution in [-0.4, -0.2) is 11.1 Å². The summed E-state index contributed by atoms with van der Waals surface area (Å²) in [4.78, 5) is 10.8. The van der Waals surface area contributed by atoms with Crippen LogP contribution < -0.4 is 0 Å². The molecule has 15 heavy (non-hydrogen) atoms. The molecule has 0 aliphatic heterocycles. The number of rotatable bonds is 3. The smallest absolute Gasteiger partial charge is 0.303 e. The molecule has 0 aromatic carbocycles. The van der Waals surface area contributed by atoms with Crippen LogP contribution in [-0.2, 0) is 4.79 Å². The zero-order valence-electron chi connectivity index (χ0n) is 9.45. The van der Waals surface area contributed by atoms with Gasteiger partial charge in [-0.3, -0.25) is 4.79 Å². The zero-order valence-corrected chi connectivity index (χ0v) is 9.45.